The van der Waals surface area contributed by atoms with Crippen molar-refractivity contribution in [2.24, 2.45) is 5.16 Å². The summed E-state index contributed by atoms with van der Waals surface area (Å²) in [4.78, 5) is 4.94. The van der Waals surface area contributed by atoms with E-state index in [1.54, 1.807) is 12.3 Å². The third-order valence-electron chi connectivity index (χ3n) is 3.56. The van der Waals surface area contributed by atoms with E-state index in [2.05, 4.69) is 20.7 Å². The number of oxime groups is 1. The number of unbranched alkanes of at least 4 members (excludes halogenated alkanes) is 3. The van der Waals surface area contributed by atoms with Gasteiger partial charge in [-0.15, -0.1) is 10.2 Å². The van der Waals surface area contributed by atoms with E-state index in [0.29, 0.717) is 11.8 Å². The smallest absolute Gasteiger partial charge is 0.151 e. The summed E-state index contributed by atoms with van der Waals surface area (Å²) >= 11 is 5.70. The number of hydrogen-bond acceptors (Lipinski definition) is 6. The lowest BCUT2D eigenvalue weighted by Crippen LogP contribution is -2.04. The lowest BCUT2D eigenvalue weighted by Gasteiger charge is -2.07. The molecule has 0 atom stereocenters. The Balaban J connectivity index is 1.50. The SMILES string of the molecule is CCON=Cc1ccc(OCCCCCCNc2ccc(Cl)nn2)cc1. The molecule has 0 saturated heterocycles. The Hall–Kier alpha value is -2.34. The van der Waals surface area contributed by atoms with Crippen LogP contribution in [0.15, 0.2) is 41.6 Å². The van der Waals surface area contributed by atoms with Gasteiger partial charge in [-0.1, -0.05) is 29.6 Å². The molecule has 7 heteroatoms. The van der Waals surface area contributed by atoms with E-state index in [4.69, 9.17) is 21.2 Å². The Morgan fingerprint density at radius 3 is 2.58 bits per heavy atom. The van der Waals surface area contributed by atoms with Crippen LogP contribution in [-0.4, -0.2) is 36.2 Å². The molecule has 1 N–H and O–H groups in total. The van der Waals surface area contributed by atoms with E-state index in [1.165, 1.54) is 0 Å². The number of benzene rings is 1. The van der Waals surface area contributed by atoms with Gasteiger partial charge in [0.15, 0.2) is 5.15 Å². The highest BCUT2D eigenvalue weighted by atomic mass is 35.5. The van der Waals surface area contributed by atoms with E-state index < -0.39 is 0 Å². The van der Waals surface area contributed by atoms with Crippen LogP contribution in [0.2, 0.25) is 5.15 Å². The zero-order valence-electron chi connectivity index (χ0n) is 15.0. The first-order valence-electron chi connectivity index (χ1n) is 8.89. The Morgan fingerprint density at radius 2 is 1.85 bits per heavy atom. The average Bonchev–Trinajstić information content (AvgIpc) is 2.67. The largest absolute Gasteiger partial charge is 0.494 e. The highest BCUT2D eigenvalue weighted by molar-refractivity contribution is 6.29. The zero-order valence-corrected chi connectivity index (χ0v) is 15.8. The van der Waals surface area contributed by atoms with E-state index >= 15 is 0 Å². The summed E-state index contributed by atoms with van der Waals surface area (Å²) in [6.45, 7) is 4.08. The molecule has 2 rings (SSSR count). The van der Waals surface area contributed by atoms with Gasteiger partial charge < -0.3 is 14.9 Å². The van der Waals surface area contributed by atoms with Gasteiger partial charge in [0.25, 0.3) is 0 Å². The Kier molecular flexibility index (Phi) is 9.29. The van der Waals surface area contributed by atoms with Crippen molar-refractivity contribution >= 4 is 23.6 Å². The number of halogens is 1. The van der Waals surface area contributed by atoms with Gasteiger partial charge in [0.05, 0.1) is 12.8 Å². The molecule has 0 bridgehead atoms. The van der Waals surface area contributed by atoms with Crippen LogP contribution < -0.4 is 10.1 Å². The lowest BCUT2D eigenvalue weighted by molar-refractivity contribution is 0.160. The number of hydrogen-bond donors (Lipinski definition) is 1. The van der Waals surface area contributed by atoms with Crippen LogP contribution in [-0.2, 0) is 4.84 Å². The van der Waals surface area contributed by atoms with Crippen molar-refractivity contribution < 1.29 is 9.57 Å². The van der Waals surface area contributed by atoms with Gasteiger partial charge in [-0.3, -0.25) is 0 Å². The minimum absolute atomic E-state index is 0.406. The minimum Gasteiger partial charge on any atom is -0.494 e. The number of ether oxygens (including phenoxy) is 1. The number of nitrogens with zero attached hydrogens (tertiary/aromatic N) is 3. The summed E-state index contributed by atoms with van der Waals surface area (Å²) in [5, 5.41) is 15.2. The fraction of sp³-hybridized carbons (Fsp3) is 0.421. The topological polar surface area (TPSA) is 68.6 Å². The summed E-state index contributed by atoms with van der Waals surface area (Å²) in [7, 11) is 0. The van der Waals surface area contributed by atoms with Gasteiger partial charge in [0.1, 0.15) is 18.2 Å². The quantitative estimate of drug-likeness (QED) is 0.334. The number of aromatic nitrogens is 2. The van der Waals surface area contributed by atoms with Crippen LogP contribution in [0, 0.1) is 0 Å². The molecule has 140 valence electrons. The van der Waals surface area contributed by atoms with Crippen molar-refractivity contribution in [2.45, 2.75) is 32.6 Å². The van der Waals surface area contributed by atoms with Gasteiger partial charge in [-0.05, 0) is 61.7 Å². The lowest BCUT2D eigenvalue weighted by atomic mass is 10.2. The summed E-state index contributed by atoms with van der Waals surface area (Å²) in [6, 6.07) is 11.4. The number of rotatable bonds is 12. The molecule has 0 aliphatic carbocycles. The van der Waals surface area contributed by atoms with Crippen molar-refractivity contribution in [3.05, 3.63) is 47.1 Å². The van der Waals surface area contributed by atoms with Gasteiger partial charge in [0.2, 0.25) is 0 Å². The highest BCUT2D eigenvalue weighted by Crippen LogP contribution is 2.12. The first-order valence-corrected chi connectivity index (χ1v) is 9.27. The third-order valence-corrected chi connectivity index (χ3v) is 3.77. The normalized spacial score (nSPS) is 10.8. The summed E-state index contributed by atoms with van der Waals surface area (Å²) < 4.78 is 5.75. The maximum absolute atomic E-state index is 5.75. The van der Waals surface area contributed by atoms with E-state index in [0.717, 1.165) is 56.0 Å². The second kappa shape index (κ2) is 12.1. The predicted molar refractivity (Wildman–Crippen MR) is 105 cm³/mol. The molecule has 1 heterocycles. The maximum Gasteiger partial charge on any atom is 0.151 e. The van der Waals surface area contributed by atoms with E-state index in [-0.39, 0.29) is 0 Å². The summed E-state index contributed by atoms with van der Waals surface area (Å²) in [5.74, 6) is 1.63. The average molecular weight is 377 g/mol. The van der Waals surface area contributed by atoms with Crippen LogP contribution in [0.5, 0.6) is 5.75 Å². The Labute approximate surface area is 159 Å². The summed E-state index contributed by atoms with van der Waals surface area (Å²) in [5.41, 5.74) is 0.990. The van der Waals surface area contributed by atoms with Gasteiger partial charge in [-0.2, -0.15) is 0 Å². The maximum atomic E-state index is 5.75. The first-order chi connectivity index (χ1) is 12.8. The van der Waals surface area contributed by atoms with E-state index in [9.17, 15) is 0 Å². The van der Waals surface area contributed by atoms with Crippen molar-refractivity contribution in [1.29, 1.82) is 0 Å². The standard InChI is InChI=1S/C19H25ClN4O2/c1-2-26-22-15-16-7-9-17(10-8-16)25-14-6-4-3-5-13-21-19-12-11-18(20)23-24-19/h7-12,15H,2-6,13-14H2,1H3,(H,21,24). The van der Waals surface area contributed by atoms with Crippen LogP contribution in [0.1, 0.15) is 38.2 Å². The zero-order chi connectivity index (χ0) is 18.5. The highest BCUT2D eigenvalue weighted by Gasteiger charge is 1.97. The van der Waals surface area contributed by atoms with Crippen molar-refractivity contribution in [1.82, 2.24) is 10.2 Å². The van der Waals surface area contributed by atoms with Crippen LogP contribution in [0.3, 0.4) is 0 Å². The van der Waals surface area contributed by atoms with E-state index in [1.807, 2.05) is 37.3 Å². The molecular formula is C19H25ClN4O2. The molecule has 0 radical (unpaired) electrons. The third kappa shape index (κ3) is 8.16. The Bertz CT molecular complexity index is 648. The monoisotopic (exact) mass is 376 g/mol. The molecule has 0 fully saturated rings. The second-order valence-electron chi connectivity index (χ2n) is 5.65. The first kappa shape index (κ1) is 20.0. The van der Waals surface area contributed by atoms with Gasteiger partial charge >= 0.3 is 0 Å². The Morgan fingerprint density at radius 1 is 1.04 bits per heavy atom. The van der Waals surface area contributed by atoms with Gasteiger partial charge in [-0.25, -0.2) is 0 Å². The van der Waals surface area contributed by atoms with Crippen LogP contribution >= 0.6 is 11.6 Å². The molecule has 6 nitrogen and oxygen atoms in total. The minimum atomic E-state index is 0.406. The molecule has 0 aliphatic heterocycles. The molecule has 0 spiro atoms. The molecule has 0 unspecified atom stereocenters. The number of nitrogens with one attached hydrogen (secondary N) is 1. The fourth-order valence-electron chi connectivity index (χ4n) is 2.22. The van der Waals surface area contributed by atoms with Crippen molar-refractivity contribution in [3.63, 3.8) is 0 Å². The van der Waals surface area contributed by atoms with Crippen LogP contribution in [0.25, 0.3) is 0 Å². The molecule has 2 aromatic rings. The van der Waals surface area contributed by atoms with Gasteiger partial charge in [0, 0.05) is 6.54 Å². The van der Waals surface area contributed by atoms with Crippen LogP contribution in [0.4, 0.5) is 5.82 Å². The summed E-state index contributed by atoms with van der Waals surface area (Å²) in [6.07, 6.45) is 6.08. The van der Waals surface area contributed by atoms with Crippen molar-refractivity contribution in [2.75, 3.05) is 25.1 Å². The molecule has 0 saturated carbocycles. The fourth-order valence-corrected chi connectivity index (χ4v) is 2.32. The molecule has 1 aromatic carbocycles. The molecular weight excluding hydrogens is 352 g/mol. The van der Waals surface area contributed by atoms with Crippen molar-refractivity contribution in [3.8, 4) is 5.75 Å². The molecule has 0 amide bonds. The molecule has 26 heavy (non-hydrogen) atoms. The molecule has 0 aliphatic rings. The molecule has 1 aromatic heterocycles. The second-order valence-corrected chi connectivity index (χ2v) is 6.04. The predicted octanol–water partition coefficient (Wildman–Crippen LogP) is 4.55. The number of anilines is 1.